The maximum absolute atomic E-state index is 11.3. The number of aliphatic hydroxyl groups is 1. The van der Waals surface area contributed by atoms with Gasteiger partial charge in [0.25, 0.3) is 0 Å². The minimum absolute atomic E-state index is 0.511. The molecule has 3 fully saturated rings. The average Bonchev–Trinajstić information content (AvgIpc) is 2.61. The van der Waals surface area contributed by atoms with Crippen LogP contribution in [0.1, 0.15) is 72.1 Å². The fourth-order valence-corrected chi connectivity index (χ4v) is 19.3. The Balaban J connectivity index is 2.14. The van der Waals surface area contributed by atoms with Crippen LogP contribution in [-0.4, -0.2) is 53.6 Å². The average molecular weight is 442 g/mol. The summed E-state index contributed by atoms with van der Waals surface area (Å²) in [5.41, 5.74) is -0.511. The second-order valence-corrected chi connectivity index (χ2v) is 21.6. The van der Waals surface area contributed by atoms with E-state index in [0.29, 0.717) is 5.92 Å². The fourth-order valence-electron chi connectivity index (χ4n) is 4.80. The molecule has 2 bridgehead atoms. The summed E-state index contributed by atoms with van der Waals surface area (Å²) in [6.07, 6.45) is 12.9. The SMILES string of the molecule is CCC[CH2][Sn](/[CH]=C/C1(O)CN2CCC1CC2)([CH2]CCC)[CH2]CCC. The first-order chi connectivity index (χ1) is 11.6. The molecule has 1 atom stereocenters. The number of piperidine rings is 3. The zero-order valence-corrected chi connectivity index (χ0v) is 19.4. The number of rotatable bonds is 11. The summed E-state index contributed by atoms with van der Waals surface area (Å²) in [5.74, 6) is 0.520. The van der Waals surface area contributed by atoms with Crippen LogP contribution in [0.3, 0.4) is 0 Å². The molecule has 2 nitrogen and oxygen atoms in total. The topological polar surface area (TPSA) is 23.5 Å². The van der Waals surface area contributed by atoms with Gasteiger partial charge in [-0.15, -0.1) is 0 Å². The molecule has 0 aromatic heterocycles. The van der Waals surface area contributed by atoms with Gasteiger partial charge in [-0.2, -0.15) is 0 Å². The van der Waals surface area contributed by atoms with Crippen molar-refractivity contribution in [3.05, 3.63) is 10.2 Å². The monoisotopic (exact) mass is 443 g/mol. The van der Waals surface area contributed by atoms with E-state index in [2.05, 4.69) is 35.8 Å². The Morgan fingerprint density at radius 1 is 0.958 bits per heavy atom. The van der Waals surface area contributed by atoms with E-state index in [1.165, 1.54) is 77.8 Å². The molecule has 1 N–H and O–H groups in total. The van der Waals surface area contributed by atoms with Crippen LogP contribution in [0.4, 0.5) is 0 Å². The van der Waals surface area contributed by atoms with Gasteiger partial charge in [-0.25, -0.2) is 0 Å². The summed E-state index contributed by atoms with van der Waals surface area (Å²) < 4.78 is 7.21. The van der Waals surface area contributed by atoms with Gasteiger partial charge in [0.1, 0.15) is 0 Å². The molecule has 0 radical (unpaired) electrons. The number of unbranched alkanes of at least 4 members (excludes halogenated alkanes) is 3. The van der Waals surface area contributed by atoms with Gasteiger partial charge < -0.3 is 0 Å². The molecule has 1 unspecified atom stereocenters. The maximum atomic E-state index is 11.3. The molecule has 0 aliphatic carbocycles. The van der Waals surface area contributed by atoms with Crippen LogP contribution >= 0.6 is 0 Å². The van der Waals surface area contributed by atoms with Crippen molar-refractivity contribution in [1.82, 2.24) is 4.90 Å². The second-order valence-electron chi connectivity index (χ2n) is 8.55. The van der Waals surface area contributed by atoms with Crippen LogP contribution in [0, 0.1) is 5.92 Å². The summed E-state index contributed by atoms with van der Waals surface area (Å²) in [5, 5.41) is 11.3. The van der Waals surface area contributed by atoms with Crippen LogP contribution < -0.4 is 0 Å². The standard InChI is InChI=1S/C9H14NO.3C4H9.Sn/c1-2-9(11)7-10-5-3-8(9)4-6-10;3*1-3-4-2;/h1-2,8,11H,3-7H2;3*1,3-4H2,2H3;. The van der Waals surface area contributed by atoms with Crippen LogP contribution in [-0.2, 0) is 0 Å². The predicted octanol–water partition coefficient (Wildman–Crippen LogP) is 5.39. The van der Waals surface area contributed by atoms with E-state index < -0.39 is 24.0 Å². The molecule has 3 aliphatic rings. The van der Waals surface area contributed by atoms with Crippen LogP contribution in [0.15, 0.2) is 10.2 Å². The van der Waals surface area contributed by atoms with Crippen molar-refractivity contribution in [2.75, 3.05) is 19.6 Å². The first kappa shape index (κ1) is 20.8. The van der Waals surface area contributed by atoms with E-state index in [4.69, 9.17) is 0 Å². The number of hydrogen-bond acceptors (Lipinski definition) is 2. The number of fused-ring (bicyclic) bond motifs is 3. The fraction of sp³-hybridized carbons (Fsp3) is 0.905. The van der Waals surface area contributed by atoms with Crippen molar-refractivity contribution < 1.29 is 5.11 Å². The Morgan fingerprint density at radius 2 is 1.46 bits per heavy atom. The van der Waals surface area contributed by atoms with Gasteiger partial charge in [-0.3, -0.25) is 0 Å². The van der Waals surface area contributed by atoms with E-state index in [1.807, 2.05) is 0 Å². The summed E-state index contributed by atoms with van der Waals surface area (Å²) >= 11 is -2.25. The van der Waals surface area contributed by atoms with Gasteiger partial charge in [-0.05, 0) is 0 Å². The Morgan fingerprint density at radius 3 is 1.83 bits per heavy atom. The van der Waals surface area contributed by atoms with Crippen molar-refractivity contribution >= 4 is 18.4 Å². The van der Waals surface area contributed by atoms with Crippen LogP contribution in [0.5, 0.6) is 0 Å². The van der Waals surface area contributed by atoms with Gasteiger partial charge in [0.15, 0.2) is 0 Å². The molecule has 3 heterocycles. The normalized spacial score (nSPS) is 30.3. The molecule has 0 spiro atoms. The Kier molecular flexibility index (Phi) is 8.62. The molecule has 0 saturated carbocycles. The van der Waals surface area contributed by atoms with Gasteiger partial charge in [-0.1, -0.05) is 0 Å². The molecule has 0 aromatic carbocycles. The number of hydrogen-bond donors (Lipinski definition) is 1. The molecule has 3 aliphatic heterocycles. The van der Waals surface area contributed by atoms with Crippen molar-refractivity contribution in [3.8, 4) is 0 Å². The van der Waals surface area contributed by atoms with Crippen LogP contribution in [0.25, 0.3) is 0 Å². The van der Waals surface area contributed by atoms with Gasteiger partial charge in [0.05, 0.1) is 0 Å². The molecule has 140 valence electrons. The van der Waals surface area contributed by atoms with E-state index in [0.717, 1.165) is 6.54 Å². The van der Waals surface area contributed by atoms with E-state index in [1.54, 1.807) is 0 Å². The third kappa shape index (κ3) is 5.48. The van der Waals surface area contributed by atoms with Crippen molar-refractivity contribution in [3.63, 3.8) is 0 Å². The first-order valence-corrected chi connectivity index (χ1v) is 18.4. The Bertz CT molecular complexity index is 368. The van der Waals surface area contributed by atoms with Gasteiger partial charge >= 0.3 is 155 Å². The molecule has 3 heteroatoms. The number of nitrogens with zero attached hydrogens (tertiary/aromatic N) is 1. The molecule has 24 heavy (non-hydrogen) atoms. The molecule has 3 rings (SSSR count). The first-order valence-electron chi connectivity index (χ1n) is 10.7. The Labute approximate surface area is 155 Å². The van der Waals surface area contributed by atoms with Crippen molar-refractivity contribution in [1.29, 1.82) is 0 Å². The third-order valence-electron chi connectivity index (χ3n) is 6.58. The van der Waals surface area contributed by atoms with E-state index in [9.17, 15) is 5.11 Å². The molecule has 0 amide bonds. The van der Waals surface area contributed by atoms with E-state index >= 15 is 0 Å². The van der Waals surface area contributed by atoms with Crippen molar-refractivity contribution in [2.24, 2.45) is 5.92 Å². The summed E-state index contributed by atoms with van der Waals surface area (Å²) in [6, 6.07) is 0. The summed E-state index contributed by atoms with van der Waals surface area (Å²) in [6.45, 7) is 10.3. The summed E-state index contributed by atoms with van der Waals surface area (Å²) in [4.78, 5) is 2.48. The zero-order valence-electron chi connectivity index (χ0n) is 16.5. The quantitative estimate of drug-likeness (QED) is 0.434. The van der Waals surface area contributed by atoms with Gasteiger partial charge in [0.2, 0.25) is 0 Å². The molecular formula is C21H41NOSn. The summed E-state index contributed by atoms with van der Waals surface area (Å²) in [7, 11) is 0. The minimum atomic E-state index is -2.25. The predicted molar refractivity (Wildman–Crippen MR) is 108 cm³/mol. The third-order valence-corrected chi connectivity index (χ3v) is 20.6. The zero-order chi connectivity index (χ0) is 17.5. The Hall–Kier alpha value is 0.459. The van der Waals surface area contributed by atoms with E-state index in [-0.39, 0.29) is 0 Å². The molecule has 3 saturated heterocycles. The molecular weight excluding hydrogens is 401 g/mol. The van der Waals surface area contributed by atoms with Crippen molar-refractivity contribution in [2.45, 2.75) is 91.0 Å². The molecule has 0 aromatic rings. The second kappa shape index (κ2) is 9.96. The van der Waals surface area contributed by atoms with Gasteiger partial charge in [0, 0.05) is 0 Å². The van der Waals surface area contributed by atoms with Crippen LogP contribution in [0.2, 0.25) is 13.3 Å².